The van der Waals surface area contributed by atoms with Crippen LogP contribution in [0.4, 0.5) is 8.78 Å². The Morgan fingerprint density at radius 2 is 2.10 bits per heavy atom. The molecule has 3 nitrogen and oxygen atoms in total. The van der Waals surface area contributed by atoms with Crippen molar-refractivity contribution in [3.8, 4) is 0 Å². The molecular weight excluding hydrogens is 260 g/mol. The molecule has 1 unspecified atom stereocenters. The summed E-state index contributed by atoms with van der Waals surface area (Å²) in [6.07, 6.45) is 6.01. The summed E-state index contributed by atoms with van der Waals surface area (Å²) >= 11 is 0. The van der Waals surface area contributed by atoms with Gasteiger partial charge < -0.3 is 9.88 Å². The van der Waals surface area contributed by atoms with Crippen molar-refractivity contribution in [1.29, 1.82) is 0 Å². The number of imidazole rings is 1. The highest BCUT2D eigenvalue weighted by Gasteiger charge is 2.38. The second-order valence-electron chi connectivity index (χ2n) is 5.71. The zero-order chi connectivity index (χ0) is 14.6. The first-order valence-corrected chi connectivity index (χ1v) is 7.69. The highest BCUT2D eigenvalue weighted by Crippen LogP contribution is 2.41. The smallest absolute Gasteiger partial charge is 0.248 e. The van der Waals surface area contributed by atoms with Crippen LogP contribution in [-0.4, -0.2) is 22.0 Å². The number of hydrogen-bond donors (Lipinski definition) is 1. The summed E-state index contributed by atoms with van der Waals surface area (Å²) < 4.78 is 28.8. The minimum Gasteiger partial charge on any atom is -0.334 e. The van der Waals surface area contributed by atoms with E-state index in [2.05, 4.69) is 28.7 Å². The van der Waals surface area contributed by atoms with E-state index in [4.69, 9.17) is 0 Å². The van der Waals surface area contributed by atoms with Crippen molar-refractivity contribution in [2.75, 3.05) is 6.54 Å². The van der Waals surface area contributed by atoms with Crippen LogP contribution < -0.4 is 5.32 Å². The van der Waals surface area contributed by atoms with E-state index < -0.39 is 5.92 Å². The van der Waals surface area contributed by atoms with E-state index in [1.54, 1.807) is 0 Å². The van der Waals surface area contributed by atoms with E-state index in [1.807, 2.05) is 12.4 Å². The number of halogens is 2. The maximum absolute atomic E-state index is 13.3. The standard InChI is InChI=1S/C15H25F2N3/c1-3-10-20-11-9-19-14(20)13(18-4-2)12-5-7-15(16,17)8-6-12/h9,11-13,18H,3-8,10H2,1-2H3. The molecule has 1 heterocycles. The van der Waals surface area contributed by atoms with Crippen LogP contribution in [0.2, 0.25) is 0 Å². The number of alkyl halides is 2. The summed E-state index contributed by atoms with van der Waals surface area (Å²) in [4.78, 5) is 4.48. The Labute approximate surface area is 119 Å². The number of nitrogens with zero attached hydrogens (tertiary/aromatic N) is 2. The van der Waals surface area contributed by atoms with Crippen LogP contribution in [0.3, 0.4) is 0 Å². The molecule has 1 fully saturated rings. The lowest BCUT2D eigenvalue weighted by Gasteiger charge is -2.34. The fourth-order valence-electron chi connectivity index (χ4n) is 3.11. The number of aryl methyl sites for hydroxylation is 1. The predicted octanol–water partition coefficient (Wildman–Crippen LogP) is 3.77. The lowest BCUT2D eigenvalue weighted by molar-refractivity contribution is -0.0501. The normalized spacial score (nSPS) is 21.0. The van der Waals surface area contributed by atoms with Crippen LogP contribution in [0.15, 0.2) is 12.4 Å². The van der Waals surface area contributed by atoms with Gasteiger partial charge in [-0.05, 0) is 31.7 Å². The van der Waals surface area contributed by atoms with Gasteiger partial charge >= 0.3 is 0 Å². The Hall–Kier alpha value is -0.970. The quantitative estimate of drug-likeness (QED) is 0.862. The lowest BCUT2D eigenvalue weighted by Crippen LogP contribution is -2.35. The van der Waals surface area contributed by atoms with Crippen molar-refractivity contribution >= 4 is 0 Å². The molecule has 1 atom stereocenters. The van der Waals surface area contributed by atoms with Gasteiger partial charge in [0.05, 0.1) is 6.04 Å². The lowest BCUT2D eigenvalue weighted by atomic mass is 9.81. The van der Waals surface area contributed by atoms with Crippen LogP contribution >= 0.6 is 0 Å². The number of aromatic nitrogens is 2. The third kappa shape index (κ3) is 3.57. The molecule has 0 spiro atoms. The van der Waals surface area contributed by atoms with E-state index in [1.165, 1.54) is 0 Å². The fraction of sp³-hybridized carbons (Fsp3) is 0.800. The first-order valence-electron chi connectivity index (χ1n) is 7.69. The molecule has 0 amide bonds. The van der Waals surface area contributed by atoms with E-state index in [0.29, 0.717) is 12.8 Å². The van der Waals surface area contributed by atoms with Crippen LogP contribution in [-0.2, 0) is 6.54 Å². The van der Waals surface area contributed by atoms with Crippen LogP contribution in [0.1, 0.15) is 57.8 Å². The van der Waals surface area contributed by atoms with E-state index in [0.717, 1.165) is 25.3 Å². The largest absolute Gasteiger partial charge is 0.334 e. The SMILES string of the molecule is CCCn1ccnc1C(NCC)C1CCC(F)(F)CC1. The molecule has 0 aromatic carbocycles. The van der Waals surface area contributed by atoms with Gasteiger partial charge in [0.15, 0.2) is 0 Å². The van der Waals surface area contributed by atoms with Gasteiger partial charge in [0.2, 0.25) is 5.92 Å². The van der Waals surface area contributed by atoms with Crippen molar-refractivity contribution in [2.24, 2.45) is 5.92 Å². The highest BCUT2D eigenvalue weighted by atomic mass is 19.3. The number of hydrogen-bond acceptors (Lipinski definition) is 2. The number of rotatable bonds is 6. The number of nitrogens with one attached hydrogen (secondary N) is 1. The van der Waals surface area contributed by atoms with Gasteiger partial charge in [0.25, 0.3) is 0 Å². The molecule has 0 saturated heterocycles. The molecule has 2 rings (SSSR count). The minimum atomic E-state index is -2.47. The van der Waals surface area contributed by atoms with Gasteiger partial charge in [-0.3, -0.25) is 0 Å². The molecule has 114 valence electrons. The molecule has 1 aromatic heterocycles. The van der Waals surface area contributed by atoms with Crippen molar-refractivity contribution in [1.82, 2.24) is 14.9 Å². The molecule has 1 saturated carbocycles. The van der Waals surface area contributed by atoms with E-state index in [9.17, 15) is 8.78 Å². The molecule has 20 heavy (non-hydrogen) atoms. The Kier molecular flexibility index (Phi) is 5.13. The summed E-state index contributed by atoms with van der Waals surface area (Å²) in [6.45, 7) is 5.95. The Morgan fingerprint density at radius 3 is 2.70 bits per heavy atom. The Morgan fingerprint density at radius 1 is 1.40 bits per heavy atom. The van der Waals surface area contributed by atoms with Crippen LogP contribution in [0.25, 0.3) is 0 Å². The zero-order valence-electron chi connectivity index (χ0n) is 12.4. The third-order valence-corrected chi connectivity index (χ3v) is 4.15. The van der Waals surface area contributed by atoms with Gasteiger partial charge in [-0.2, -0.15) is 0 Å². The van der Waals surface area contributed by atoms with Gasteiger partial charge in [-0.15, -0.1) is 0 Å². The van der Waals surface area contributed by atoms with Crippen molar-refractivity contribution in [3.05, 3.63) is 18.2 Å². The first-order chi connectivity index (χ1) is 9.57. The Bertz CT molecular complexity index is 407. The average molecular weight is 285 g/mol. The summed E-state index contributed by atoms with van der Waals surface area (Å²) in [5.41, 5.74) is 0. The molecule has 0 radical (unpaired) electrons. The Balaban J connectivity index is 2.12. The molecule has 1 aliphatic rings. The molecule has 0 bridgehead atoms. The van der Waals surface area contributed by atoms with Crippen LogP contribution in [0.5, 0.6) is 0 Å². The second kappa shape index (κ2) is 6.66. The first kappa shape index (κ1) is 15.4. The maximum Gasteiger partial charge on any atom is 0.248 e. The van der Waals surface area contributed by atoms with Crippen molar-refractivity contribution in [2.45, 2.75) is 64.5 Å². The molecule has 1 aromatic rings. The monoisotopic (exact) mass is 285 g/mol. The second-order valence-corrected chi connectivity index (χ2v) is 5.71. The van der Waals surface area contributed by atoms with Crippen molar-refractivity contribution < 1.29 is 8.78 Å². The average Bonchev–Trinajstić information content (AvgIpc) is 2.85. The molecule has 5 heteroatoms. The zero-order valence-corrected chi connectivity index (χ0v) is 12.4. The van der Waals surface area contributed by atoms with E-state index in [-0.39, 0.29) is 24.8 Å². The third-order valence-electron chi connectivity index (χ3n) is 4.15. The van der Waals surface area contributed by atoms with Gasteiger partial charge in [-0.25, -0.2) is 13.8 Å². The topological polar surface area (TPSA) is 29.9 Å². The fourth-order valence-corrected chi connectivity index (χ4v) is 3.11. The molecule has 0 aliphatic heterocycles. The van der Waals surface area contributed by atoms with Gasteiger partial charge in [0.1, 0.15) is 5.82 Å². The summed E-state index contributed by atoms with van der Waals surface area (Å²) in [5, 5.41) is 3.45. The van der Waals surface area contributed by atoms with E-state index >= 15 is 0 Å². The predicted molar refractivity (Wildman–Crippen MR) is 75.8 cm³/mol. The highest BCUT2D eigenvalue weighted by molar-refractivity contribution is 5.03. The van der Waals surface area contributed by atoms with Gasteiger partial charge in [0, 0.05) is 31.8 Å². The molecule has 1 N–H and O–H groups in total. The summed E-state index contributed by atoms with van der Waals surface area (Å²) in [6, 6.07) is 0.0950. The van der Waals surface area contributed by atoms with Gasteiger partial charge in [-0.1, -0.05) is 13.8 Å². The van der Waals surface area contributed by atoms with Crippen LogP contribution in [0, 0.1) is 5.92 Å². The molecular formula is C15H25F2N3. The van der Waals surface area contributed by atoms with Crippen molar-refractivity contribution in [3.63, 3.8) is 0 Å². The summed E-state index contributed by atoms with van der Waals surface area (Å²) in [5.74, 6) is -1.21. The maximum atomic E-state index is 13.3. The summed E-state index contributed by atoms with van der Waals surface area (Å²) in [7, 11) is 0. The molecule has 1 aliphatic carbocycles. The minimum absolute atomic E-state index is 0.00798.